The van der Waals surface area contributed by atoms with Crippen molar-refractivity contribution in [2.75, 3.05) is 33.4 Å². The number of ether oxygens (including phenoxy) is 2. The highest BCUT2D eigenvalue weighted by atomic mass is 31.2. The zero-order valence-electron chi connectivity index (χ0n) is 33.5. The van der Waals surface area contributed by atoms with Gasteiger partial charge < -0.3 is 19.7 Å². The van der Waals surface area contributed by atoms with Crippen molar-refractivity contribution in [3.05, 3.63) is 36.5 Å². The van der Waals surface area contributed by atoms with E-state index in [2.05, 4.69) is 55.6 Å². The molecule has 9 nitrogen and oxygen atoms in total. The van der Waals surface area contributed by atoms with Gasteiger partial charge >= 0.3 is 19.8 Å². The molecule has 0 radical (unpaired) electrons. The topological polar surface area (TPSA) is 120 Å². The first-order valence-electron chi connectivity index (χ1n) is 20.9. The van der Waals surface area contributed by atoms with Crippen molar-refractivity contribution in [3.63, 3.8) is 0 Å². The molecule has 2 N–H and O–H groups in total. The van der Waals surface area contributed by atoms with E-state index in [4.69, 9.17) is 18.5 Å². The van der Waals surface area contributed by atoms with Gasteiger partial charge in [-0.15, -0.1) is 0 Å². The molecular weight excluding hydrogens is 677 g/mol. The van der Waals surface area contributed by atoms with E-state index in [1.165, 1.54) is 77.0 Å². The largest absolute Gasteiger partial charge is 0.472 e. The van der Waals surface area contributed by atoms with Crippen LogP contribution >= 0.6 is 7.82 Å². The summed E-state index contributed by atoms with van der Waals surface area (Å²) in [6, 6.07) is 0. The van der Waals surface area contributed by atoms with Gasteiger partial charge in [-0.2, -0.15) is 0 Å². The van der Waals surface area contributed by atoms with Gasteiger partial charge in [-0.25, -0.2) is 4.57 Å². The number of hydrogen-bond acceptors (Lipinski definition) is 8. The van der Waals surface area contributed by atoms with E-state index in [1.54, 1.807) is 7.05 Å². The van der Waals surface area contributed by atoms with Gasteiger partial charge in [-0.3, -0.25) is 18.6 Å². The quantitative estimate of drug-likeness (QED) is 0.0273. The Bertz CT molecular complexity index is 954. The fraction of sp³-hybridized carbons (Fsp3) is 0.810. The first kappa shape index (κ1) is 50.2. The molecule has 0 rings (SSSR count). The van der Waals surface area contributed by atoms with Crippen molar-refractivity contribution in [2.24, 2.45) is 0 Å². The molecule has 0 fully saturated rings. The smallest absolute Gasteiger partial charge is 0.462 e. The second-order valence-electron chi connectivity index (χ2n) is 13.8. The molecule has 0 saturated heterocycles. The molecular formula is C42H78NO8P. The Labute approximate surface area is 318 Å². The van der Waals surface area contributed by atoms with Crippen molar-refractivity contribution < 1.29 is 37.6 Å². The van der Waals surface area contributed by atoms with Crippen molar-refractivity contribution in [1.82, 2.24) is 5.32 Å². The Morgan fingerprint density at radius 2 is 1.04 bits per heavy atom. The van der Waals surface area contributed by atoms with Crippen molar-refractivity contribution in [1.29, 1.82) is 0 Å². The van der Waals surface area contributed by atoms with Crippen molar-refractivity contribution >= 4 is 19.8 Å². The van der Waals surface area contributed by atoms with E-state index < -0.39 is 26.5 Å². The van der Waals surface area contributed by atoms with Crippen LogP contribution in [0.4, 0.5) is 0 Å². The third-order valence-corrected chi connectivity index (χ3v) is 9.72. The van der Waals surface area contributed by atoms with E-state index in [9.17, 15) is 19.0 Å². The monoisotopic (exact) mass is 756 g/mol. The van der Waals surface area contributed by atoms with Gasteiger partial charge in [0.05, 0.1) is 13.2 Å². The lowest BCUT2D eigenvalue weighted by molar-refractivity contribution is -0.161. The predicted octanol–water partition coefficient (Wildman–Crippen LogP) is 11.6. The number of allylic oxidation sites excluding steroid dienone is 6. The number of rotatable bonds is 39. The van der Waals surface area contributed by atoms with Crippen LogP contribution in [0.2, 0.25) is 0 Å². The number of phosphoric acid groups is 1. The van der Waals surface area contributed by atoms with Crippen LogP contribution in [0, 0.1) is 0 Å². The Morgan fingerprint density at radius 1 is 0.596 bits per heavy atom. The summed E-state index contributed by atoms with van der Waals surface area (Å²) in [5, 5.41) is 2.82. The zero-order valence-corrected chi connectivity index (χ0v) is 34.4. The fourth-order valence-corrected chi connectivity index (χ4v) is 6.27. The molecule has 10 heteroatoms. The van der Waals surface area contributed by atoms with Gasteiger partial charge in [0, 0.05) is 19.4 Å². The van der Waals surface area contributed by atoms with Crippen LogP contribution in [0.15, 0.2) is 36.5 Å². The van der Waals surface area contributed by atoms with E-state index >= 15 is 0 Å². The van der Waals surface area contributed by atoms with Crippen molar-refractivity contribution in [3.8, 4) is 0 Å². The van der Waals surface area contributed by atoms with Crippen molar-refractivity contribution in [2.45, 2.75) is 187 Å². The van der Waals surface area contributed by atoms with Crippen LogP contribution < -0.4 is 5.32 Å². The van der Waals surface area contributed by atoms with E-state index in [0.29, 0.717) is 13.0 Å². The maximum Gasteiger partial charge on any atom is 0.472 e. The molecule has 0 aliphatic carbocycles. The molecule has 304 valence electrons. The van der Waals surface area contributed by atoms with Crippen LogP contribution in [0.5, 0.6) is 0 Å². The molecule has 2 unspecified atom stereocenters. The SMILES string of the molecule is CCCCC/C=C\C/C=C\CCCCCCCCCC(=O)OC(COC(=O)CCCCCCC/C=C\CCCCCC)COP(=O)(O)OCCNC. The maximum atomic E-state index is 12.6. The van der Waals surface area contributed by atoms with Gasteiger partial charge in [0.1, 0.15) is 6.61 Å². The lowest BCUT2D eigenvalue weighted by Crippen LogP contribution is -2.29. The zero-order chi connectivity index (χ0) is 38.2. The van der Waals surface area contributed by atoms with Crippen LogP contribution in [0.1, 0.15) is 181 Å². The van der Waals surface area contributed by atoms with Gasteiger partial charge in [0.2, 0.25) is 0 Å². The summed E-state index contributed by atoms with van der Waals surface area (Å²) in [4.78, 5) is 35.0. The summed E-state index contributed by atoms with van der Waals surface area (Å²) in [6.45, 7) is 4.16. The van der Waals surface area contributed by atoms with Crippen LogP contribution in [0.25, 0.3) is 0 Å². The highest BCUT2D eigenvalue weighted by Gasteiger charge is 2.26. The number of likely N-dealkylation sites (N-methyl/N-ethyl adjacent to an activating group) is 1. The molecule has 0 saturated carbocycles. The molecule has 52 heavy (non-hydrogen) atoms. The predicted molar refractivity (Wildman–Crippen MR) is 215 cm³/mol. The molecule has 0 aromatic carbocycles. The molecule has 0 aromatic heterocycles. The van der Waals surface area contributed by atoms with Crippen LogP contribution in [0.3, 0.4) is 0 Å². The van der Waals surface area contributed by atoms with Crippen LogP contribution in [-0.4, -0.2) is 56.3 Å². The fourth-order valence-electron chi connectivity index (χ4n) is 5.52. The number of phosphoric ester groups is 1. The highest BCUT2D eigenvalue weighted by molar-refractivity contribution is 7.47. The molecule has 0 aromatic rings. The maximum absolute atomic E-state index is 12.6. The summed E-state index contributed by atoms with van der Waals surface area (Å²) in [5.41, 5.74) is 0. The normalized spacial score (nSPS) is 13.7. The van der Waals surface area contributed by atoms with Crippen LogP contribution in [-0.2, 0) is 32.7 Å². The standard InChI is InChI=1S/C42H78NO8P/c1-4-6-8-10-12-14-16-18-19-20-21-23-25-27-29-31-33-35-42(45)51-40(39-50-52(46,47)49-37-36-43-3)38-48-41(44)34-32-30-28-26-24-22-17-15-13-11-9-7-5-2/h12,14-15,17-19,40,43H,4-11,13,16,20-39H2,1-3H3,(H,46,47)/b14-12-,17-15-,19-18-. The summed E-state index contributed by atoms with van der Waals surface area (Å²) < 4.78 is 33.1. The van der Waals surface area contributed by atoms with Gasteiger partial charge in [-0.1, -0.05) is 134 Å². The molecule has 0 aliphatic rings. The van der Waals surface area contributed by atoms with Gasteiger partial charge in [0.25, 0.3) is 0 Å². The number of carbonyl (C=O) groups excluding carboxylic acids is 2. The third-order valence-electron chi connectivity index (χ3n) is 8.73. The first-order valence-corrected chi connectivity index (χ1v) is 22.4. The second kappa shape index (κ2) is 38.9. The number of nitrogens with one attached hydrogen (secondary N) is 1. The Balaban J connectivity index is 4.26. The molecule has 0 spiro atoms. The number of esters is 2. The molecule has 0 amide bonds. The average Bonchev–Trinajstić information content (AvgIpc) is 3.12. The minimum Gasteiger partial charge on any atom is -0.462 e. The second-order valence-corrected chi connectivity index (χ2v) is 15.3. The minimum atomic E-state index is -4.35. The number of unbranched alkanes of at least 4 members (excludes halogenated alkanes) is 19. The summed E-state index contributed by atoms with van der Waals surface area (Å²) in [5.74, 6) is -0.826. The lowest BCUT2D eigenvalue weighted by atomic mass is 10.1. The Morgan fingerprint density at radius 3 is 1.58 bits per heavy atom. The van der Waals surface area contributed by atoms with E-state index in [1.807, 2.05) is 0 Å². The Kier molecular flexibility index (Phi) is 37.6. The molecule has 0 bridgehead atoms. The third kappa shape index (κ3) is 38.0. The molecule has 0 aliphatic heterocycles. The average molecular weight is 756 g/mol. The highest BCUT2D eigenvalue weighted by Crippen LogP contribution is 2.43. The van der Waals surface area contributed by atoms with Gasteiger partial charge in [-0.05, 0) is 77.7 Å². The molecule has 2 atom stereocenters. The van der Waals surface area contributed by atoms with E-state index in [0.717, 1.165) is 70.6 Å². The summed E-state index contributed by atoms with van der Waals surface area (Å²) in [7, 11) is -2.65. The first-order chi connectivity index (χ1) is 25.3. The van der Waals surface area contributed by atoms with Gasteiger partial charge in [0.15, 0.2) is 6.10 Å². The summed E-state index contributed by atoms with van der Waals surface area (Å²) in [6.07, 6.45) is 40.4. The summed E-state index contributed by atoms with van der Waals surface area (Å²) >= 11 is 0. The Hall–Kier alpha value is -1.77. The molecule has 0 heterocycles. The minimum absolute atomic E-state index is 0.0201. The number of carbonyl (C=O) groups is 2. The van der Waals surface area contributed by atoms with E-state index in [-0.39, 0.29) is 32.0 Å². The lowest BCUT2D eigenvalue weighted by Gasteiger charge is -2.20. The number of hydrogen-bond donors (Lipinski definition) is 2.